The van der Waals surface area contributed by atoms with Crippen molar-refractivity contribution >= 4 is 13.7 Å². The number of hydrogen-bond acceptors (Lipinski definition) is 6. The van der Waals surface area contributed by atoms with Gasteiger partial charge < -0.3 is 21.1 Å². The molecule has 0 heterocycles. The number of phosphoric ester groups is 1. The maximum Gasteiger partial charge on any atom is 0.472 e. The first-order chi connectivity index (χ1) is 20.4. The van der Waals surface area contributed by atoms with Crippen molar-refractivity contribution in [3.63, 3.8) is 0 Å². The Morgan fingerprint density at radius 1 is 0.762 bits per heavy atom. The first-order valence-corrected chi connectivity index (χ1v) is 18.1. The van der Waals surface area contributed by atoms with Crippen molar-refractivity contribution in [1.82, 2.24) is 5.32 Å². The van der Waals surface area contributed by atoms with Crippen LogP contribution in [0.15, 0.2) is 36.5 Å². The highest BCUT2D eigenvalue weighted by atomic mass is 31.2. The lowest BCUT2D eigenvalue weighted by atomic mass is 10.1. The molecule has 8 nitrogen and oxygen atoms in total. The molecule has 0 radical (unpaired) electrons. The molecule has 0 aromatic rings. The topological polar surface area (TPSA) is 131 Å². The lowest BCUT2D eigenvalue weighted by molar-refractivity contribution is -0.123. The summed E-state index contributed by atoms with van der Waals surface area (Å²) in [7, 11) is -4.33. The average Bonchev–Trinajstić information content (AvgIpc) is 2.97. The van der Waals surface area contributed by atoms with Gasteiger partial charge in [-0.15, -0.1) is 0 Å². The van der Waals surface area contributed by atoms with Gasteiger partial charge in [-0.2, -0.15) is 0 Å². The monoisotopic (exact) mass is 614 g/mol. The molecule has 0 rings (SSSR count). The van der Waals surface area contributed by atoms with Crippen LogP contribution < -0.4 is 11.1 Å². The van der Waals surface area contributed by atoms with Gasteiger partial charge in [0, 0.05) is 13.0 Å². The van der Waals surface area contributed by atoms with E-state index in [9.17, 15) is 19.4 Å². The molecule has 0 aliphatic carbocycles. The smallest absolute Gasteiger partial charge is 0.387 e. The van der Waals surface area contributed by atoms with Gasteiger partial charge in [-0.1, -0.05) is 115 Å². The third-order valence-corrected chi connectivity index (χ3v) is 7.90. The number of allylic oxidation sites excluding steroid dienone is 5. The summed E-state index contributed by atoms with van der Waals surface area (Å²) < 4.78 is 21.9. The third kappa shape index (κ3) is 27.5. The first kappa shape index (κ1) is 40.7. The summed E-state index contributed by atoms with van der Waals surface area (Å²) in [6.07, 6.45) is 31.9. The Morgan fingerprint density at radius 3 is 1.93 bits per heavy atom. The lowest BCUT2D eigenvalue weighted by Crippen LogP contribution is -2.45. The molecule has 0 spiro atoms. The summed E-state index contributed by atoms with van der Waals surface area (Å²) in [5.41, 5.74) is 5.33. The Balaban J connectivity index is 4.49. The zero-order chi connectivity index (χ0) is 31.2. The van der Waals surface area contributed by atoms with Crippen molar-refractivity contribution in [3.05, 3.63) is 36.5 Å². The zero-order valence-corrected chi connectivity index (χ0v) is 27.6. The summed E-state index contributed by atoms with van der Waals surface area (Å²) >= 11 is 0. The van der Waals surface area contributed by atoms with Gasteiger partial charge in [0.1, 0.15) is 0 Å². The number of nitrogens with two attached hydrogens (primary N) is 1. The van der Waals surface area contributed by atoms with E-state index in [4.69, 9.17) is 14.8 Å². The molecule has 0 aromatic heterocycles. The second-order valence-corrected chi connectivity index (χ2v) is 12.5. The molecule has 42 heavy (non-hydrogen) atoms. The molecule has 3 unspecified atom stereocenters. The highest BCUT2D eigenvalue weighted by molar-refractivity contribution is 7.47. The van der Waals surface area contributed by atoms with Crippen LogP contribution >= 0.6 is 7.82 Å². The molecule has 0 saturated heterocycles. The van der Waals surface area contributed by atoms with E-state index in [2.05, 4.69) is 43.5 Å². The second kappa shape index (κ2) is 29.8. The van der Waals surface area contributed by atoms with E-state index in [1.165, 1.54) is 51.4 Å². The number of rotatable bonds is 30. The number of hydrogen-bond donors (Lipinski definition) is 4. The predicted molar refractivity (Wildman–Crippen MR) is 175 cm³/mol. The number of aliphatic hydroxyl groups excluding tert-OH is 1. The van der Waals surface area contributed by atoms with Crippen molar-refractivity contribution < 1.29 is 28.4 Å². The third-order valence-electron chi connectivity index (χ3n) is 6.92. The van der Waals surface area contributed by atoms with E-state index in [1.54, 1.807) is 6.08 Å². The maximum atomic E-state index is 12.6. The van der Waals surface area contributed by atoms with Crippen LogP contribution in [-0.2, 0) is 18.4 Å². The van der Waals surface area contributed by atoms with Crippen molar-refractivity contribution in [2.45, 2.75) is 148 Å². The minimum absolute atomic E-state index is 0.0719. The fourth-order valence-electron chi connectivity index (χ4n) is 4.38. The summed E-state index contributed by atoms with van der Waals surface area (Å²) in [5.74, 6) is -0.220. The van der Waals surface area contributed by atoms with E-state index < -0.39 is 20.0 Å². The molecule has 0 aromatic carbocycles. The van der Waals surface area contributed by atoms with E-state index in [0.717, 1.165) is 64.2 Å². The Labute approximate surface area is 257 Å². The number of amides is 1. The molecule has 3 atom stereocenters. The number of phosphoric acid groups is 1. The standard InChI is InChI=1S/C33H63N2O6P/c1-3-5-7-9-11-13-15-16-17-18-20-22-24-26-32(36)31(30-41-42(38,39)40-29-28-34)35-33(37)27-25-23-21-19-14-12-10-8-6-4-2/h8,10,17-18,24,26,31-32,36H,3-7,9,11-16,19-23,25,27-30,34H2,1-2H3,(H,35,37)(H,38,39)/b10-8-,18-17+,26-24+. The van der Waals surface area contributed by atoms with Gasteiger partial charge in [-0.3, -0.25) is 13.8 Å². The SMILES string of the molecule is CCC/C=C\CCCCCCCC(=O)NC(COP(=O)(O)OCCN)C(O)/C=C/CC/C=C/CCCCCCCCC. The van der Waals surface area contributed by atoms with Crippen molar-refractivity contribution in [1.29, 1.82) is 0 Å². The molecule has 0 aliphatic rings. The summed E-state index contributed by atoms with van der Waals surface area (Å²) in [5, 5.41) is 13.5. The van der Waals surface area contributed by atoms with Crippen LogP contribution in [0, 0.1) is 0 Å². The first-order valence-electron chi connectivity index (χ1n) is 16.6. The molecule has 1 amide bonds. The van der Waals surface area contributed by atoms with E-state index in [-0.39, 0.29) is 25.7 Å². The highest BCUT2D eigenvalue weighted by Gasteiger charge is 2.26. The van der Waals surface area contributed by atoms with E-state index >= 15 is 0 Å². The van der Waals surface area contributed by atoms with Crippen molar-refractivity contribution in [3.8, 4) is 0 Å². The minimum Gasteiger partial charge on any atom is -0.387 e. The Hall–Kier alpha value is -1.28. The van der Waals surface area contributed by atoms with Crippen LogP contribution in [0.25, 0.3) is 0 Å². The largest absolute Gasteiger partial charge is 0.472 e. The average molecular weight is 615 g/mol. The van der Waals surface area contributed by atoms with Gasteiger partial charge in [0.05, 0.1) is 25.4 Å². The summed E-state index contributed by atoms with van der Waals surface area (Å²) in [4.78, 5) is 22.4. The molecule has 0 aliphatic heterocycles. The quantitative estimate of drug-likeness (QED) is 0.0366. The Kier molecular flexibility index (Phi) is 28.9. The molecular formula is C33H63N2O6P. The van der Waals surface area contributed by atoms with Crippen LogP contribution in [0.2, 0.25) is 0 Å². The van der Waals surface area contributed by atoms with Crippen LogP contribution in [-0.4, -0.2) is 47.8 Å². The number of aliphatic hydroxyl groups is 1. The zero-order valence-electron chi connectivity index (χ0n) is 26.7. The molecule has 0 fully saturated rings. The summed E-state index contributed by atoms with van der Waals surface area (Å²) in [6, 6.07) is -0.876. The number of nitrogens with one attached hydrogen (secondary N) is 1. The normalized spacial score (nSPS) is 15.1. The van der Waals surface area contributed by atoms with Crippen molar-refractivity contribution in [2.24, 2.45) is 5.73 Å². The minimum atomic E-state index is -4.33. The van der Waals surface area contributed by atoms with Gasteiger partial charge in [0.2, 0.25) is 5.91 Å². The van der Waals surface area contributed by atoms with Gasteiger partial charge in [-0.05, 0) is 51.4 Å². The van der Waals surface area contributed by atoms with E-state index in [1.807, 2.05) is 6.08 Å². The van der Waals surface area contributed by atoms with Crippen LogP contribution in [0.3, 0.4) is 0 Å². The van der Waals surface area contributed by atoms with Gasteiger partial charge in [0.15, 0.2) is 0 Å². The number of carbonyl (C=O) groups is 1. The Morgan fingerprint density at radius 2 is 1.31 bits per heavy atom. The second-order valence-electron chi connectivity index (χ2n) is 11.0. The van der Waals surface area contributed by atoms with Crippen molar-refractivity contribution in [2.75, 3.05) is 19.8 Å². The maximum absolute atomic E-state index is 12.6. The molecule has 5 N–H and O–H groups in total. The van der Waals surface area contributed by atoms with Gasteiger partial charge >= 0.3 is 7.82 Å². The highest BCUT2D eigenvalue weighted by Crippen LogP contribution is 2.43. The van der Waals surface area contributed by atoms with Crippen LogP contribution in [0.4, 0.5) is 0 Å². The van der Waals surface area contributed by atoms with Gasteiger partial charge in [-0.25, -0.2) is 4.57 Å². The molecular weight excluding hydrogens is 551 g/mol. The van der Waals surface area contributed by atoms with Crippen LogP contribution in [0.1, 0.15) is 136 Å². The molecule has 0 saturated carbocycles. The number of unbranched alkanes of at least 4 members (excludes halogenated alkanes) is 14. The fraction of sp³-hybridized carbons (Fsp3) is 0.788. The Bertz CT molecular complexity index is 759. The lowest BCUT2D eigenvalue weighted by Gasteiger charge is -2.23. The number of carbonyl (C=O) groups excluding carboxylic acids is 1. The summed E-state index contributed by atoms with van der Waals surface area (Å²) in [6.45, 7) is 3.99. The van der Waals surface area contributed by atoms with Crippen LogP contribution in [0.5, 0.6) is 0 Å². The predicted octanol–water partition coefficient (Wildman–Crippen LogP) is 8.04. The van der Waals surface area contributed by atoms with Gasteiger partial charge in [0.25, 0.3) is 0 Å². The molecule has 246 valence electrons. The fourth-order valence-corrected chi connectivity index (χ4v) is 5.14. The molecule has 0 bridgehead atoms. The molecule has 9 heteroatoms. The van der Waals surface area contributed by atoms with E-state index in [0.29, 0.717) is 6.42 Å².